The number of anilines is 1. The molecule has 0 spiro atoms. The quantitative estimate of drug-likeness (QED) is 0.474. The van der Waals surface area contributed by atoms with Crippen molar-refractivity contribution in [3.05, 3.63) is 71.4 Å². The molecular weight excluding hydrogens is 460 g/mol. The predicted molar refractivity (Wildman–Crippen MR) is 142 cm³/mol. The van der Waals surface area contributed by atoms with Crippen molar-refractivity contribution < 1.29 is 30.3 Å². The van der Waals surface area contributed by atoms with Crippen LogP contribution in [-0.2, 0) is 20.2 Å². The molecule has 0 bridgehead atoms. The Bertz CT molecular complexity index is 1770. The van der Waals surface area contributed by atoms with Crippen LogP contribution < -0.4 is 9.46 Å². The molecule has 0 atom stereocenters. The van der Waals surface area contributed by atoms with E-state index in [2.05, 4.69) is 9.71 Å². The number of fused-ring (bicyclic) bond motifs is 1. The van der Waals surface area contributed by atoms with Crippen LogP contribution in [0.5, 0.6) is 5.75 Å². The van der Waals surface area contributed by atoms with Crippen molar-refractivity contribution >= 4 is 38.0 Å². The molecular formula is C28H30N2O4S. The van der Waals surface area contributed by atoms with Gasteiger partial charge in [-0.05, 0) is 42.2 Å². The first-order valence-corrected chi connectivity index (χ1v) is 12.5. The van der Waals surface area contributed by atoms with E-state index in [-0.39, 0.29) is 40.0 Å². The highest BCUT2D eigenvalue weighted by molar-refractivity contribution is 7.92. The largest absolute Gasteiger partial charge is 0.496 e. The van der Waals surface area contributed by atoms with Gasteiger partial charge in [-0.15, -0.1) is 0 Å². The van der Waals surface area contributed by atoms with Crippen molar-refractivity contribution in [1.29, 1.82) is 0 Å². The molecule has 1 N–H and O–H groups in total. The van der Waals surface area contributed by atoms with Crippen LogP contribution in [0.1, 0.15) is 57.4 Å². The lowest BCUT2D eigenvalue weighted by Gasteiger charge is -2.25. The highest BCUT2D eigenvalue weighted by atomic mass is 32.2. The number of nitrogens with zero attached hydrogens (tertiary/aromatic N) is 1. The van der Waals surface area contributed by atoms with Crippen LogP contribution in [0.15, 0.2) is 60.3 Å². The van der Waals surface area contributed by atoms with Crippen LogP contribution in [0.4, 0.5) is 5.69 Å². The van der Waals surface area contributed by atoms with Gasteiger partial charge in [-0.1, -0.05) is 50.4 Å². The molecule has 1 aliphatic carbocycles. The van der Waals surface area contributed by atoms with E-state index < -0.39 is 41.6 Å². The maximum Gasteiger partial charge on any atom is 0.229 e. The molecule has 6 nitrogen and oxygen atoms in total. The van der Waals surface area contributed by atoms with Crippen LogP contribution in [0.3, 0.4) is 0 Å². The fraction of sp³-hybridized carbons (Fsp3) is 0.286. The van der Waals surface area contributed by atoms with Gasteiger partial charge < -0.3 is 4.74 Å². The zero-order valence-electron chi connectivity index (χ0n) is 28.4. The van der Waals surface area contributed by atoms with Crippen molar-refractivity contribution in [2.24, 2.45) is 0 Å². The Balaban J connectivity index is 2.16. The fourth-order valence-corrected chi connectivity index (χ4v) is 4.61. The Kier molecular flexibility index (Phi) is 3.98. The van der Waals surface area contributed by atoms with Gasteiger partial charge in [0.1, 0.15) is 5.75 Å². The molecule has 1 aliphatic rings. The van der Waals surface area contributed by atoms with E-state index in [1.54, 1.807) is 25.1 Å². The van der Waals surface area contributed by atoms with Crippen LogP contribution >= 0.6 is 0 Å². The fourth-order valence-electron chi connectivity index (χ4n) is 4.05. The number of methoxy groups -OCH3 is 1. The predicted octanol–water partition coefficient (Wildman–Crippen LogP) is 5.88. The van der Waals surface area contributed by atoms with Crippen molar-refractivity contribution in [3.8, 4) is 16.9 Å². The third kappa shape index (κ3) is 5.15. The van der Waals surface area contributed by atoms with E-state index in [0.717, 1.165) is 25.0 Å². The molecule has 1 heterocycles. The molecule has 182 valence electrons. The van der Waals surface area contributed by atoms with Crippen LogP contribution in [0, 0.1) is 0 Å². The number of carbonyl (C=O) groups excluding carboxylic acids is 1. The minimum Gasteiger partial charge on any atom is -0.496 e. The second-order valence-corrected chi connectivity index (χ2v) is 10.3. The Morgan fingerprint density at radius 2 is 1.80 bits per heavy atom. The van der Waals surface area contributed by atoms with Crippen LogP contribution in [0.25, 0.3) is 27.6 Å². The Morgan fingerprint density at radius 1 is 1.09 bits per heavy atom. The summed E-state index contributed by atoms with van der Waals surface area (Å²) in [6.45, 7) is -9.00. The number of carbonyl (C=O) groups is 1. The number of hydrogen-bond donors (Lipinski definition) is 1. The highest BCUT2D eigenvalue weighted by Gasteiger charge is 2.27. The van der Waals surface area contributed by atoms with Gasteiger partial charge in [0.15, 0.2) is 5.78 Å². The van der Waals surface area contributed by atoms with Crippen molar-refractivity contribution in [1.82, 2.24) is 4.98 Å². The number of aromatic nitrogens is 1. The lowest BCUT2D eigenvalue weighted by Crippen LogP contribution is -2.15. The van der Waals surface area contributed by atoms with Crippen LogP contribution in [-0.4, -0.2) is 32.6 Å². The third-order valence-corrected chi connectivity index (χ3v) is 6.22. The van der Waals surface area contributed by atoms with Crippen molar-refractivity contribution in [3.63, 3.8) is 0 Å². The molecule has 0 saturated heterocycles. The molecule has 0 unspecified atom stereocenters. The lowest BCUT2D eigenvalue weighted by molar-refractivity contribution is -0.113. The van der Waals surface area contributed by atoms with E-state index in [1.807, 2.05) is 0 Å². The van der Waals surface area contributed by atoms with Gasteiger partial charge in [0.05, 0.1) is 18.9 Å². The molecule has 1 aromatic heterocycles. The summed E-state index contributed by atoms with van der Waals surface area (Å²) in [5.74, 6) is -0.670. The molecule has 0 radical (unpaired) electrons. The van der Waals surface area contributed by atoms with Gasteiger partial charge in [-0.2, -0.15) is 0 Å². The summed E-state index contributed by atoms with van der Waals surface area (Å²) in [7, 11) is -2.36. The maximum absolute atomic E-state index is 13.2. The zero-order valence-corrected chi connectivity index (χ0v) is 20.2. The standard InChI is InChI=1S/C28H30N2O4S/c1-17-7-12-21(25(31)13-17)22-15-24(28(2,3)4)27(34-5)23-14-19(16-29-26(22)23)18-8-10-20(11-9-18)30-35(6,32)33/h7-12,14-16,30H,13H2,1-6H3/i2D3,3D3,4D3. The number of pyridine rings is 1. The lowest BCUT2D eigenvalue weighted by atomic mass is 9.81. The number of ether oxygens (including phenoxy) is 1. The number of ketones is 1. The molecule has 7 heteroatoms. The van der Waals surface area contributed by atoms with E-state index in [4.69, 9.17) is 17.1 Å². The first kappa shape index (κ1) is 15.5. The Morgan fingerprint density at radius 3 is 2.40 bits per heavy atom. The van der Waals surface area contributed by atoms with Gasteiger partial charge in [0.2, 0.25) is 10.0 Å². The average Bonchev–Trinajstić information content (AvgIpc) is 2.85. The molecule has 4 rings (SSSR count). The SMILES string of the molecule is [2H]C([2H])([2H])C(c1cc(C2=CC=C(C)CC2=O)c2ncc(-c3ccc(NS(C)(=O)=O)cc3)cc2c1OC)(C([2H])([2H])[2H])C([2H])([2H])[2H]. The van der Waals surface area contributed by atoms with Gasteiger partial charge in [-0.3, -0.25) is 14.5 Å². The summed E-state index contributed by atoms with van der Waals surface area (Å²) in [6.07, 6.45) is 5.73. The number of rotatable bonds is 5. The van der Waals surface area contributed by atoms with E-state index in [1.165, 1.54) is 30.5 Å². The number of sulfonamides is 1. The highest BCUT2D eigenvalue weighted by Crippen LogP contribution is 2.42. The minimum absolute atomic E-state index is 0.0452. The zero-order chi connectivity index (χ0) is 33.0. The summed E-state index contributed by atoms with van der Waals surface area (Å²) in [5.41, 5.74) is -1.66. The van der Waals surface area contributed by atoms with E-state index in [0.29, 0.717) is 16.8 Å². The summed E-state index contributed by atoms with van der Waals surface area (Å²) in [5, 5.41) is 0.0814. The normalized spacial score (nSPS) is 19.4. The smallest absolute Gasteiger partial charge is 0.229 e. The average molecular weight is 500 g/mol. The first-order chi connectivity index (χ1) is 20.1. The number of nitrogens with one attached hydrogen (secondary N) is 1. The maximum atomic E-state index is 13.2. The number of benzene rings is 2. The molecule has 0 saturated carbocycles. The van der Waals surface area contributed by atoms with Gasteiger partial charge in [0.25, 0.3) is 0 Å². The third-order valence-electron chi connectivity index (χ3n) is 5.61. The van der Waals surface area contributed by atoms with E-state index in [9.17, 15) is 13.2 Å². The monoisotopic (exact) mass is 499 g/mol. The molecule has 3 aromatic rings. The topological polar surface area (TPSA) is 85.4 Å². The van der Waals surface area contributed by atoms with Gasteiger partial charge >= 0.3 is 0 Å². The summed E-state index contributed by atoms with van der Waals surface area (Å²) in [4.78, 5) is 17.8. The summed E-state index contributed by atoms with van der Waals surface area (Å²) >= 11 is 0. The molecule has 2 aromatic carbocycles. The van der Waals surface area contributed by atoms with Crippen molar-refractivity contribution in [2.75, 3.05) is 18.1 Å². The van der Waals surface area contributed by atoms with Gasteiger partial charge in [0, 0.05) is 58.3 Å². The molecule has 0 aliphatic heterocycles. The number of allylic oxidation sites excluding steroid dienone is 4. The first-order valence-electron chi connectivity index (χ1n) is 15.1. The Labute approximate surface area is 219 Å². The molecule has 0 amide bonds. The molecule has 35 heavy (non-hydrogen) atoms. The Hall–Kier alpha value is -3.45. The number of Topliss-reactive ketones (excluding diaryl/α,β-unsaturated/α-hetero) is 1. The van der Waals surface area contributed by atoms with Gasteiger partial charge in [-0.25, -0.2) is 8.42 Å². The summed E-state index contributed by atoms with van der Waals surface area (Å²) < 4.78 is 106. The second kappa shape index (κ2) is 8.96. The number of hydrogen-bond acceptors (Lipinski definition) is 5. The molecule has 0 fully saturated rings. The van der Waals surface area contributed by atoms with Crippen molar-refractivity contribution in [2.45, 2.75) is 39.3 Å². The minimum atomic E-state index is -3.59. The van der Waals surface area contributed by atoms with Crippen LogP contribution in [0.2, 0.25) is 0 Å². The summed E-state index contributed by atoms with van der Waals surface area (Å²) in [6, 6.07) is 8.87. The van der Waals surface area contributed by atoms with E-state index >= 15 is 0 Å². The second-order valence-electron chi connectivity index (χ2n) is 8.52.